The minimum Gasteiger partial charge on any atom is -0.481 e. The fourth-order valence-electron chi connectivity index (χ4n) is 1.53. The average molecular weight is 214 g/mol. The maximum atomic E-state index is 5.78. The molecule has 1 heterocycles. The second-order valence-corrected chi connectivity index (χ2v) is 3.66. The number of benzene rings is 1. The van der Waals surface area contributed by atoms with E-state index in [2.05, 4.69) is 11.1 Å². The van der Waals surface area contributed by atoms with Crippen LogP contribution in [0.25, 0.3) is 11.1 Å². The number of aryl methyl sites for hydroxylation is 1. The molecule has 0 fully saturated rings. The largest absolute Gasteiger partial charge is 0.481 e. The highest BCUT2D eigenvalue weighted by atomic mass is 16.5. The Labute approximate surface area is 94.9 Å². The molecule has 1 aromatic carbocycles. The Hall–Kier alpha value is -2.03. The van der Waals surface area contributed by atoms with E-state index in [1.807, 2.05) is 31.2 Å². The first-order chi connectivity index (χ1) is 7.70. The lowest BCUT2D eigenvalue weighted by molar-refractivity contribution is 0.398. The number of ether oxygens (including phenoxy) is 1. The van der Waals surface area contributed by atoms with Crippen LogP contribution >= 0.6 is 0 Å². The molecular formula is C13H14N2O. The molecule has 0 atom stereocenters. The van der Waals surface area contributed by atoms with Gasteiger partial charge in [-0.05, 0) is 36.2 Å². The van der Waals surface area contributed by atoms with Crippen LogP contribution in [-0.4, -0.2) is 12.1 Å². The lowest BCUT2D eigenvalue weighted by atomic mass is 10.0. The third kappa shape index (κ3) is 1.98. The van der Waals surface area contributed by atoms with Crippen LogP contribution in [-0.2, 0) is 0 Å². The number of pyridine rings is 1. The van der Waals surface area contributed by atoms with Crippen LogP contribution in [0.15, 0.2) is 36.5 Å². The SMILES string of the molecule is COc1ccc(-c2ccc(N)c(C)c2)cn1. The average Bonchev–Trinajstić information content (AvgIpc) is 2.33. The molecule has 2 rings (SSSR count). The molecule has 0 saturated heterocycles. The zero-order chi connectivity index (χ0) is 11.5. The minimum atomic E-state index is 0.621. The maximum Gasteiger partial charge on any atom is 0.212 e. The molecule has 3 nitrogen and oxygen atoms in total. The Bertz CT molecular complexity index is 492. The summed E-state index contributed by atoms with van der Waals surface area (Å²) in [4.78, 5) is 4.17. The molecule has 3 heteroatoms. The summed E-state index contributed by atoms with van der Waals surface area (Å²) in [5, 5.41) is 0. The van der Waals surface area contributed by atoms with E-state index >= 15 is 0 Å². The van der Waals surface area contributed by atoms with Crippen molar-refractivity contribution in [3.63, 3.8) is 0 Å². The van der Waals surface area contributed by atoms with Gasteiger partial charge in [0.1, 0.15) is 0 Å². The van der Waals surface area contributed by atoms with Crippen molar-refractivity contribution in [3.05, 3.63) is 42.1 Å². The van der Waals surface area contributed by atoms with Crippen molar-refractivity contribution in [1.82, 2.24) is 4.98 Å². The van der Waals surface area contributed by atoms with Gasteiger partial charge in [-0.2, -0.15) is 0 Å². The summed E-state index contributed by atoms with van der Waals surface area (Å²) in [5.41, 5.74) is 9.84. The third-order valence-corrected chi connectivity index (χ3v) is 2.55. The Morgan fingerprint density at radius 1 is 1.12 bits per heavy atom. The highest BCUT2D eigenvalue weighted by molar-refractivity contribution is 5.67. The van der Waals surface area contributed by atoms with Crippen molar-refractivity contribution >= 4 is 5.69 Å². The Morgan fingerprint density at radius 2 is 1.88 bits per heavy atom. The van der Waals surface area contributed by atoms with Crippen molar-refractivity contribution in [2.45, 2.75) is 6.92 Å². The summed E-state index contributed by atoms with van der Waals surface area (Å²) in [7, 11) is 1.61. The number of hydrogen-bond donors (Lipinski definition) is 1. The molecule has 0 aliphatic heterocycles. The molecule has 1 aromatic heterocycles. The number of methoxy groups -OCH3 is 1. The molecule has 0 saturated carbocycles. The van der Waals surface area contributed by atoms with E-state index in [0.717, 1.165) is 22.4 Å². The summed E-state index contributed by atoms with van der Waals surface area (Å²) < 4.78 is 5.02. The van der Waals surface area contributed by atoms with Crippen LogP contribution in [0.4, 0.5) is 5.69 Å². The molecule has 0 spiro atoms. The van der Waals surface area contributed by atoms with E-state index in [-0.39, 0.29) is 0 Å². The maximum absolute atomic E-state index is 5.78. The molecule has 0 amide bonds. The van der Waals surface area contributed by atoms with Gasteiger partial charge in [-0.15, -0.1) is 0 Å². The molecule has 2 N–H and O–H groups in total. The summed E-state index contributed by atoms with van der Waals surface area (Å²) in [6, 6.07) is 9.79. The lowest BCUT2D eigenvalue weighted by Gasteiger charge is -2.05. The lowest BCUT2D eigenvalue weighted by Crippen LogP contribution is -1.90. The number of nitrogens with two attached hydrogens (primary N) is 1. The number of hydrogen-bond acceptors (Lipinski definition) is 3. The highest BCUT2D eigenvalue weighted by Crippen LogP contribution is 2.23. The predicted molar refractivity (Wildman–Crippen MR) is 65.4 cm³/mol. The van der Waals surface area contributed by atoms with Crippen LogP contribution in [0.3, 0.4) is 0 Å². The van der Waals surface area contributed by atoms with Gasteiger partial charge in [0.2, 0.25) is 5.88 Å². The van der Waals surface area contributed by atoms with Crippen LogP contribution < -0.4 is 10.5 Å². The van der Waals surface area contributed by atoms with E-state index in [4.69, 9.17) is 10.5 Å². The topological polar surface area (TPSA) is 48.1 Å². The van der Waals surface area contributed by atoms with Crippen molar-refractivity contribution in [1.29, 1.82) is 0 Å². The molecule has 0 aliphatic rings. The molecule has 82 valence electrons. The standard InChI is InChI=1S/C13H14N2O/c1-9-7-10(3-5-12(9)14)11-4-6-13(16-2)15-8-11/h3-8H,14H2,1-2H3. The van der Waals surface area contributed by atoms with Crippen LogP contribution in [0.2, 0.25) is 0 Å². The van der Waals surface area contributed by atoms with E-state index in [0.29, 0.717) is 5.88 Å². The molecule has 2 aromatic rings. The van der Waals surface area contributed by atoms with E-state index < -0.39 is 0 Å². The smallest absolute Gasteiger partial charge is 0.212 e. The van der Waals surface area contributed by atoms with E-state index in [9.17, 15) is 0 Å². The van der Waals surface area contributed by atoms with Gasteiger partial charge in [-0.1, -0.05) is 6.07 Å². The first kappa shape index (κ1) is 10.5. The number of rotatable bonds is 2. The number of aromatic nitrogens is 1. The highest BCUT2D eigenvalue weighted by Gasteiger charge is 2.01. The van der Waals surface area contributed by atoms with Gasteiger partial charge in [0.15, 0.2) is 0 Å². The minimum absolute atomic E-state index is 0.621. The van der Waals surface area contributed by atoms with Gasteiger partial charge in [-0.25, -0.2) is 4.98 Å². The zero-order valence-corrected chi connectivity index (χ0v) is 9.40. The number of nitrogens with zero attached hydrogens (tertiary/aromatic N) is 1. The van der Waals surface area contributed by atoms with Crippen LogP contribution in [0, 0.1) is 6.92 Å². The summed E-state index contributed by atoms with van der Waals surface area (Å²) in [6.07, 6.45) is 1.80. The van der Waals surface area contributed by atoms with Crippen LogP contribution in [0.1, 0.15) is 5.56 Å². The Balaban J connectivity index is 2.38. The third-order valence-electron chi connectivity index (χ3n) is 2.55. The normalized spacial score (nSPS) is 10.1. The number of anilines is 1. The zero-order valence-electron chi connectivity index (χ0n) is 9.40. The monoisotopic (exact) mass is 214 g/mol. The van der Waals surface area contributed by atoms with Gasteiger partial charge in [-0.3, -0.25) is 0 Å². The Morgan fingerprint density at radius 3 is 2.44 bits per heavy atom. The van der Waals surface area contributed by atoms with Gasteiger partial charge in [0, 0.05) is 23.5 Å². The fraction of sp³-hybridized carbons (Fsp3) is 0.154. The molecule has 0 bridgehead atoms. The fourth-order valence-corrected chi connectivity index (χ4v) is 1.53. The van der Waals surface area contributed by atoms with Crippen molar-refractivity contribution in [2.75, 3.05) is 12.8 Å². The Kier molecular flexibility index (Phi) is 2.77. The second kappa shape index (κ2) is 4.23. The molecular weight excluding hydrogens is 200 g/mol. The van der Waals surface area contributed by atoms with Crippen molar-refractivity contribution in [2.24, 2.45) is 0 Å². The summed E-state index contributed by atoms with van der Waals surface area (Å²) in [5.74, 6) is 0.621. The van der Waals surface area contributed by atoms with Gasteiger partial charge >= 0.3 is 0 Å². The first-order valence-electron chi connectivity index (χ1n) is 5.07. The van der Waals surface area contributed by atoms with Crippen molar-refractivity contribution < 1.29 is 4.74 Å². The second-order valence-electron chi connectivity index (χ2n) is 3.66. The molecule has 0 radical (unpaired) electrons. The summed E-state index contributed by atoms with van der Waals surface area (Å²) in [6.45, 7) is 2.00. The summed E-state index contributed by atoms with van der Waals surface area (Å²) >= 11 is 0. The van der Waals surface area contributed by atoms with Crippen LogP contribution in [0.5, 0.6) is 5.88 Å². The van der Waals surface area contributed by atoms with E-state index in [1.54, 1.807) is 13.3 Å². The van der Waals surface area contributed by atoms with Gasteiger partial charge in [0.25, 0.3) is 0 Å². The van der Waals surface area contributed by atoms with E-state index in [1.165, 1.54) is 0 Å². The van der Waals surface area contributed by atoms with Gasteiger partial charge < -0.3 is 10.5 Å². The molecule has 16 heavy (non-hydrogen) atoms. The predicted octanol–water partition coefficient (Wildman–Crippen LogP) is 2.65. The molecule has 0 aliphatic carbocycles. The number of nitrogen functional groups attached to an aromatic ring is 1. The quantitative estimate of drug-likeness (QED) is 0.782. The van der Waals surface area contributed by atoms with Crippen molar-refractivity contribution in [3.8, 4) is 17.0 Å². The molecule has 0 unspecified atom stereocenters. The first-order valence-corrected chi connectivity index (χ1v) is 5.07. The van der Waals surface area contributed by atoms with Gasteiger partial charge in [0.05, 0.1) is 7.11 Å².